The lowest BCUT2D eigenvalue weighted by molar-refractivity contribution is 0.252. The zero-order valence-corrected chi connectivity index (χ0v) is 10.0. The monoisotopic (exact) mass is 235 g/mol. The average molecular weight is 235 g/mol. The second-order valence-electron chi connectivity index (χ2n) is 4.72. The zero-order valence-electron chi connectivity index (χ0n) is 10.0. The van der Waals surface area contributed by atoms with E-state index in [-0.39, 0.29) is 11.7 Å². The fourth-order valence-electron chi connectivity index (χ4n) is 2.30. The predicted molar refractivity (Wildman–Crippen MR) is 67.9 cm³/mol. The topological polar surface area (TPSA) is 53.1 Å². The molecule has 3 N–H and O–H groups in total. The van der Waals surface area contributed by atoms with E-state index in [4.69, 9.17) is 11.1 Å². The van der Waals surface area contributed by atoms with Gasteiger partial charge in [0.1, 0.15) is 5.82 Å². The third-order valence-corrected chi connectivity index (χ3v) is 3.43. The van der Waals surface area contributed by atoms with E-state index in [1.165, 1.54) is 12.1 Å². The molecular formula is C13H18FN3. The Bertz CT molecular complexity index is 423. The number of nitrogens with two attached hydrogens (primary N) is 1. The van der Waals surface area contributed by atoms with Crippen molar-refractivity contribution in [3.05, 3.63) is 29.6 Å². The van der Waals surface area contributed by atoms with E-state index in [0.29, 0.717) is 17.0 Å². The third kappa shape index (κ3) is 2.64. The number of piperidine rings is 1. The van der Waals surface area contributed by atoms with Gasteiger partial charge >= 0.3 is 0 Å². The van der Waals surface area contributed by atoms with E-state index < -0.39 is 0 Å². The molecule has 0 radical (unpaired) electrons. The van der Waals surface area contributed by atoms with Crippen LogP contribution < -0.4 is 5.73 Å². The predicted octanol–water partition coefficient (Wildman–Crippen LogP) is 2.12. The van der Waals surface area contributed by atoms with E-state index in [1.54, 1.807) is 6.07 Å². The first-order chi connectivity index (χ1) is 8.08. The zero-order chi connectivity index (χ0) is 12.4. The summed E-state index contributed by atoms with van der Waals surface area (Å²) >= 11 is 0. The Balaban J connectivity index is 2.14. The Kier molecular flexibility index (Phi) is 3.43. The second-order valence-corrected chi connectivity index (χ2v) is 4.72. The van der Waals surface area contributed by atoms with E-state index in [1.807, 2.05) is 0 Å². The summed E-state index contributed by atoms with van der Waals surface area (Å²) < 4.78 is 12.9. The lowest BCUT2D eigenvalue weighted by Crippen LogP contribution is -2.33. The molecule has 17 heavy (non-hydrogen) atoms. The van der Waals surface area contributed by atoms with Gasteiger partial charge in [0.05, 0.1) is 0 Å². The molecule has 0 spiro atoms. The highest BCUT2D eigenvalue weighted by Crippen LogP contribution is 2.24. The lowest BCUT2D eigenvalue weighted by atomic mass is 9.88. The smallest absolute Gasteiger partial charge is 0.125 e. The summed E-state index contributed by atoms with van der Waals surface area (Å²) in [7, 11) is 2.09. The summed E-state index contributed by atoms with van der Waals surface area (Å²) in [5.74, 6) is -0.0959. The van der Waals surface area contributed by atoms with Gasteiger partial charge in [0.15, 0.2) is 0 Å². The first-order valence-corrected chi connectivity index (χ1v) is 5.90. The maximum atomic E-state index is 12.9. The van der Waals surface area contributed by atoms with Gasteiger partial charge in [0.25, 0.3) is 0 Å². The number of anilines is 1. The number of nitrogens with one attached hydrogen (secondary N) is 1. The van der Waals surface area contributed by atoms with Crippen molar-refractivity contribution in [2.24, 2.45) is 5.92 Å². The number of likely N-dealkylation sites (tertiary alicyclic amines) is 1. The number of hydrogen-bond acceptors (Lipinski definition) is 3. The molecule has 1 fully saturated rings. The van der Waals surface area contributed by atoms with Crippen LogP contribution in [0.25, 0.3) is 0 Å². The summed E-state index contributed by atoms with van der Waals surface area (Å²) in [5, 5.41) is 8.18. The summed E-state index contributed by atoms with van der Waals surface area (Å²) in [5.41, 5.74) is 7.37. The van der Waals surface area contributed by atoms with E-state index in [9.17, 15) is 4.39 Å². The SMILES string of the molecule is CN1CCC(C(=N)c2ccc(F)cc2N)CC1. The van der Waals surface area contributed by atoms with E-state index >= 15 is 0 Å². The van der Waals surface area contributed by atoms with Crippen LogP contribution in [-0.2, 0) is 0 Å². The van der Waals surface area contributed by atoms with Gasteiger partial charge in [-0.2, -0.15) is 0 Å². The normalized spacial score (nSPS) is 18.2. The minimum absolute atomic E-state index is 0.249. The molecule has 1 heterocycles. The van der Waals surface area contributed by atoms with Crippen LogP contribution in [0.4, 0.5) is 10.1 Å². The van der Waals surface area contributed by atoms with Crippen LogP contribution in [0.15, 0.2) is 18.2 Å². The van der Waals surface area contributed by atoms with Crippen LogP contribution in [0.3, 0.4) is 0 Å². The van der Waals surface area contributed by atoms with Gasteiger partial charge in [-0.05, 0) is 51.2 Å². The number of benzene rings is 1. The summed E-state index contributed by atoms with van der Waals surface area (Å²) in [6, 6.07) is 4.28. The van der Waals surface area contributed by atoms with Crippen LogP contribution in [-0.4, -0.2) is 30.7 Å². The van der Waals surface area contributed by atoms with Crippen molar-refractivity contribution >= 4 is 11.4 Å². The van der Waals surface area contributed by atoms with Crippen molar-refractivity contribution in [2.75, 3.05) is 25.9 Å². The third-order valence-electron chi connectivity index (χ3n) is 3.43. The molecule has 1 aromatic carbocycles. The van der Waals surface area contributed by atoms with Crippen LogP contribution in [0.1, 0.15) is 18.4 Å². The second kappa shape index (κ2) is 4.84. The lowest BCUT2D eigenvalue weighted by Gasteiger charge is -2.29. The summed E-state index contributed by atoms with van der Waals surface area (Å²) in [6.45, 7) is 2.02. The van der Waals surface area contributed by atoms with Gasteiger partial charge in [-0.15, -0.1) is 0 Å². The molecule has 1 aliphatic rings. The van der Waals surface area contributed by atoms with Crippen molar-refractivity contribution in [1.29, 1.82) is 5.41 Å². The minimum Gasteiger partial charge on any atom is -0.398 e. The molecule has 0 saturated carbocycles. The van der Waals surface area contributed by atoms with Gasteiger partial charge < -0.3 is 16.0 Å². The minimum atomic E-state index is -0.345. The molecule has 1 saturated heterocycles. The molecule has 92 valence electrons. The molecule has 0 aromatic heterocycles. The van der Waals surface area contributed by atoms with Crippen molar-refractivity contribution in [3.63, 3.8) is 0 Å². The Labute approximate surface area is 101 Å². The van der Waals surface area contributed by atoms with E-state index in [0.717, 1.165) is 25.9 Å². The molecule has 1 aromatic rings. The summed E-state index contributed by atoms with van der Waals surface area (Å²) in [6.07, 6.45) is 1.96. The number of halogens is 1. The molecule has 0 aliphatic carbocycles. The fraction of sp³-hybridized carbons (Fsp3) is 0.462. The van der Waals surface area contributed by atoms with Crippen molar-refractivity contribution in [1.82, 2.24) is 4.90 Å². The van der Waals surface area contributed by atoms with Gasteiger partial charge in [0, 0.05) is 22.9 Å². The Morgan fingerprint density at radius 2 is 2.06 bits per heavy atom. The first-order valence-electron chi connectivity index (χ1n) is 5.90. The first kappa shape index (κ1) is 12.0. The molecule has 1 aliphatic heterocycles. The van der Waals surface area contributed by atoms with Gasteiger partial charge in [0.2, 0.25) is 0 Å². The van der Waals surface area contributed by atoms with Crippen LogP contribution in [0.2, 0.25) is 0 Å². The van der Waals surface area contributed by atoms with Gasteiger partial charge in [-0.3, -0.25) is 0 Å². The number of nitrogens with zero attached hydrogens (tertiary/aromatic N) is 1. The quantitative estimate of drug-likeness (QED) is 0.609. The van der Waals surface area contributed by atoms with Crippen molar-refractivity contribution in [3.8, 4) is 0 Å². The largest absolute Gasteiger partial charge is 0.398 e. The Hall–Kier alpha value is -1.42. The highest BCUT2D eigenvalue weighted by molar-refractivity contribution is 6.04. The molecule has 0 bridgehead atoms. The molecular weight excluding hydrogens is 217 g/mol. The van der Waals surface area contributed by atoms with Crippen LogP contribution in [0.5, 0.6) is 0 Å². The number of hydrogen-bond donors (Lipinski definition) is 2. The molecule has 0 unspecified atom stereocenters. The maximum absolute atomic E-state index is 12.9. The molecule has 0 atom stereocenters. The number of nitrogen functional groups attached to an aromatic ring is 1. The van der Waals surface area contributed by atoms with Crippen LogP contribution >= 0.6 is 0 Å². The van der Waals surface area contributed by atoms with Crippen molar-refractivity contribution in [2.45, 2.75) is 12.8 Å². The van der Waals surface area contributed by atoms with Crippen LogP contribution in [0, 0.1) is 17.1 Å². The van der Waals surface area contributed by atoms with Gasteiger partial charge in [-0.1, -0.05) is 0 Å². The maximum Gasteiger partial charge on any atom is 0.125 e. The summed E-state index contributed by atoms with van der Waals surface area (Å²) in [4.78, 5) is 2.26. The van der Waals surface area contributed by atoms with Crippen molar-refractivity contribution < 1.29 is 4.39 Å². The Morgan fingerprint density at radius 3 is 2.65 bits per heavy atom. The number of rotatable bonds is 2. The highest BCUT2D eigenvalue weighted by atomic mass is 19.1. The molecule has 4 heteroatoms. The van der Waals surface area contributed by atoms with E-state index in [2.05, 4.69) is 11.9 Å². The molecule has 2 rings (SSSR count). The standard InChI is InChI=1S/C13H18FN3/c1-17-6-4-9(5-7-17)13(16)11-3-2-10(14)8-12(11)15/h2-3,8-9,16H,4-7,15H2,1H3. The molecule has 0 amide bonds. The molecule has 3 nitrogen and oxygen atoms in total. The fourth-order valence-corrected chi connectivity index (χ4v) is 2.30. The van der Waals surface area contributed by atoms with Gasteiger partial charge in [-0.25, -0.2) is 4.39 Å². The Morgan fingerprint density at radius 1 is 1.41 bits per heavy atom. The average Bonchev–Trinajstić information content (AvgIpc) is 2.29. The highest BCUT2D eigenvalue weighted by Gasteiger charge is 2.22.